The topological polar surface area (TPSA) is 81.8 Å². The van der Waals surface area contributed by atoms with Crippen LogP contribution >= 0.6 is 0 Å². The van der Waals surface area contributed by atoms with Gasteiger partial charge in [-0.25, -0.2) is 4.99 Å². The molecule has 0 saturated heterocycles. The number of rotatable bonds is 5. The highest BCUT2D eigenvalue weighted by atomic mass is 16.7. The highest BCUT2D eigenvalue weighted by Crippen LogP contribution is 2.32. The molecule has 114 valence electrons. The highest BCUT2D eigenvalue weighted by Gasteiger charge is 2.12. The Hall–Kier alpha value is -2.76. The number of aliphatic imine (C=N–C) groups is 1. The van der Waals surface area contributed by atoms with E-state index in [4.69, 9.17) is 15.2 Å². The van der Waals surface area contributed by atoms with Crippen molar-refractivity contribution in [3.05, 3.63) is 53.9 Å². The molecule has 1 aliphatic rings. The minimum absolute atomic E-state index is 0.277. The van der Waals surface area contributed by atoms with Crippen LogP contribution in [0.25, 0.3) is 0 Å². The molecule has 0 amide bonds. The van der Waals surface area contributed by atoms with Gasteiger partial charge < -0.3 is 20.5 Å². The summed E-state index contributed by atoms with van der Waals surface area (Å²) in [6.45, 7) is 1.48. The van der Waals surface area contributed by atoms with Gasteiger partial charge in [0.25, 0.3) is 0 Å². The van der Waals surface area contributed by atoms with E-state index in [2.05, 4.69) is 15.3 Å². The maximum atomic E-state index is 5.86. The molecule has 0 spiro atoms. The van der Waals surface area contributed by atoms with Gasteiger partial charge in [0.05, 0.1) is 6.54 Å². The van der Waals surface area contributed by atoms with Gasteiger partial charge in [0.2, 0.25) is 6.79 Å². The normalized spacial score (nSPS) is 13.2. The lowest BCUT2D eigenvalue weighted by Crippen LogP contribution is -2.33. The van der Waals surface area contributed by atoms with Crippen molar-refractivity contribution in [1.82, 2.24) is 10.3 Å². The fraction of sp³-hybridized carbons (Fsp3) is 0.250. The van der Waals surface area contributed by atoms with E-state index in [-0.39, 0.29) is 6.79 Å². The first kappa shape index (κ1) is 14.2. The average molecular weight is 298 g/mol. The first-order valence-corrected chi connectivity index (χ1v) is 7.13. The number of aromatic nitrogens is 1. The van der Waals surface area contributed by atoms with E-state index in [1.54, 1.807) is 6.20 Å². The van der Waals surface area contributed by atoms with Crippen molar-refractivity contribution >= 4 is 5.96 Å². The summed E-state index contributed by atoms with van der Waals surface area (Å²) in [5, 5.41) is 3.09. The largest absolute Gasteiger partial charge is 0.454 e. The molecule has 6 heteroatoms. The van der Waals surface area contributed by atoms with Gasteiger partial charge in [-0.2, -0.15) is 0 Å². The van der Waals surface area contributed by atoms with Gasteiger partial charge in [0, 0.05) is 24.9 Å². The molecule has 2 aromatic rings. The van der Waals surface area contributed by atoms with Crippen LogP contribution in [0.1, 0.15) is 11.3 Å². The molecule has 0 unspecified atom stereocenters. The van der Waals surface area contributed by atoms with Gasteiger partial charge in [-0.15, -0.1) is 0 Å². The van der Waals surface area contributed by atoms with E-state index >= 15 is 0 Å². The zero-order valence-electron chi connectivity index (χ0n) is 12.2. The Balaban J connectivity index is 1.48. The van der Waals surface area contributed by atoms with Gasteiger partial charge in [-0.1, -0.05) is 12.1 Å². The summed E-state index contributed by atoms with van der Waals surface area (Å²) in [6.07, 6.45) is 2.59. The van der Waals surface area contributed by atoms with Crippen molar-refractivity contribution in [3.63, 3.8) is 0 Å². The molecular formula is C16H18N4O2. The van der Waals surface area contributed by atoms with Crippen LogP contribution in [-0.2, 0) is 13.0 Å². The first-order chi connectivity index (χ1) is 10.8. The van der Waals surface area contributed by atoms with Gasteiger partial charge in [-0.3, -0.25) is 4.98 Å². The van der Waals surface area contributed by atoms with Crippen molar-refractivity contribution < 1.29 is 9.47 Å². The Bertz CT molecular complexity index is 658. The Morgan fingerprint density at radius 1 is 1.23 bits per heavy atom. The van der Waals surface area contributed by atoms with Crippen LogP contribution in [0.15, 0.2) is 47.6 Å². The Morgan fingerprint density at radius 2 is 2.14 bits per heavy atom. The maximum absolute atomic E-state index is 5.86. The number of pyridine rings is 1. The number of hydrogen-bond donors (Lipinski definition) is 2. The first-order valence-electron chi connectivity index (χ1n) is 7.13. The van der Waals surface area contributed by atoms with Crippen LogP contribution in [0.5, 0.6) is 11.5 Å². The fourth-order valence-electron chi connectivity index (χ4n) is 2.14. The zero-order valence-corrected chi connectivity index (χ0v) is 12.2. The summed E-state index contributed by atoms with van der Waals surface area (Å²) in [4.78, 5) is 8.57. The number of nitrogens with one attached hydrogen (secondary N) is 1. The van der Waals surface area contributed by atoms with Crippen LogP contribution in [0.3, 0.4) is 0 Å². The van der Waals surface area contributed by atoms with E-state index in [0.29, 0.717) is 19.0 Å². The summed E-state index contributed by atoms with van der Waals surface area (Å²) >= 11 is 0. The summed E-state index contributed by atoms with van der Waals surface area (Å²) in [6, 6.07) is 11.6. The van der Waals surface area contributed by atoms with Crippen molar-refractivity contribution in [3.8, 4) is 11.5 Å². The van der Waals surface area contributed by atoms with Gasteiger partial charge in [-0.05, 0) is 29.8 Å². The molecule has 22 heavy (non-hydrogen) atoms. The van der Waals surface area contributed by atoms with E-state index < -0.39 is 0 Å². The van der Waals surface area contributed by atoms with Crippen molar-refractivity contribution in [2.45, 2.75) is 13.0 Å². The number of benzene rings is 1. The lowest BCUT2D eigenvalue weighted by molar-refractivity contribution is 0.174. The molecular weight excluding hydrogens is 280 g/mol. The molecule has 0 aliphatic carbocycles. The number of guanidine groups is 1. The number of nitrogens with two attached hydrogens (primary N) is 1. The molecule has 0 atom stereocenters. The predicted octanol–water partition coefficient (Wildman–Crippen LogP) is 1.46. The lowest BCUT2D eigenvalue weighted by atomic mass is 10.2. The number of fused-ring (bicyclic) bond motifs is 1. The lowest BCUT2D eigenvalue weighted by Gasteiger charge is -2.05. The van der Waals surface area contributed by atoms with Gasteiger partial charge in [0.15, 0.2) is 17.5 Å². The molecule has 3 N–H and O–H groups in total. The van der Waals surface area contributed by atoms with Crippen LogP contribution in [0.2, 0.25) is 0 Å². The fourth-order valence-corrected chi connectivity index (χ4v) is 2.14. The minimum atomic E-state index is 0.277. The molecule has 1 aliphatic heterocycles. The van der Waals surface area contributed by atoms with Crippen molar-refractivity contribution in [2.24, 2.45) is 10.7 Å². The summed E-state index contributed by atoms with van der Waals surface area (Å²) in [7, 11) is 0. The summed E-state index contributed by atoms with van der Waals surface area (Å²) in [5.74, 6) is 1.96. The third-order valence-corrected chi connectivity index (χ3v) is 3.28. The van der Waals surface area contributed by atoms with Crippen molar-refractivity contribution in [2.75, 3.05) is 13.3 Å². The summed E-state index contributed by atoms with van der Waals surface area (Å²) < 4.78 is 10.6. The molecule has 3 rings (SSSR count). The minimum Gasteiger partial charge on any atom is -0.454 e. The predicted molar refractivity (Wildman–Crippen MR) is 83.8 cm³/mol. The molecule has 0 radical (unpaired) electrons. The second-order valence-electron chi connectivity index (χ2n) is 4.89. The summed E-state index contributed by atoms with van der Waals surface area (Å²) in [5.41, 5.74) is 7.91. The Kier molecular flexibility index (Phi) is 4.38. The number of hydrogen-bond acceptors (Lipinski definition) is 4. The molecule has 6 nitrogen and oxygen atoms in total. The second-order valence-corrected chi connectivity index (χ2v) is 4.89. The van der Waals surface area contributed by atoms with Crippen LogP contribution in [0, 0.1) is 0 Å². The Morgan fingerprint density at radius 3 is 3.00 bits per heavy atom. The van der Waals surface area contributed by atoms with Gasteiger partial charge in [0.1, 0.15) is 0 Å². The van der Waals surface area contributed by atoms with Crippen LogP contribution in [0.4, 0.5) is 0 Å². The molecule has 2 heterocycles. The number of ether oxygens (including phenoxy) is 2. The molecule has 0 bridgehead atoms. The SMILES string of the molecule is NC(=NCc1ccc2c(c1)OCO2)NCCc1ccccn1. The van der Waals surface area contributed by atoms with E-state index in [9.17, 15) is 0 Å². The maximum Gasteiger partial charge on any atom is 0.231 e. The third kappa shape index (κ3) is 3.66. The molecule has 0 saturated carbocycles. The highest BCUT2D eigenvalue weighted by molar-refractivity contribution is 5.77. The van der Waals surface area contributed by atoms with Crippen LogP contribution in [-0.4, -0.2) is 24.3 Å². The molecule has 1 aromatic carbocycles. The van der Waals surface area contributed by atoms with Crippen molar-refractivity contribution in [1.29, 1.82) is 0 Å². The smallest absolute Gasteiger partial charge is 0.231 e. The third-order valence-electron chi connectivity index (χ3n) is 3.28. The average Bonchev–Trinajstić information content (AvgIpc) is 3.01. The monoisotopic (exact) mass is 298 g/mol. The van der Waals surface area contributed by atoms with E-state index in [1.807, 2.05) is 36.4 Å². The molecule has 1 aromatic heterocycles. The number of nitrogens with zero attached hydrogens (tertiary/aromatic N) is 2. The molecule has 0 fully saturated rings. The second kappa shape index (κ2) is 6.80. The van der Waals surface area contributed by atoms with E-state index in [0.717, 1.165) is 29.2 Å². The van der Waals surface area contributed by atoms with E-state index in [1.165, 1.54) is 0 Å². The standard InChI is InChI=1S/C16H18N4O2/c17-16(19-8-6-13-3-1-2-7-18-13)20-10-12-4-5-14-15(9-12)22-11-21-14/h1-5,7,9H,6,8,10-11H2,(H3,17,19,20). The Labute approximate surface area is 129 Å². The van der Waals surface area contributed by atoms with Crippen LogP contribution < -0.4 is 20.5 Å². The zero-order chi connectivity index (χ0) is 15.2. The van der Waals surface area contributed by atoms with Gasteiger partial charge >= 0.3 is 0 Å². The quantitative estimate of drug-likeness (QED) is 0.645.